The molecule has 2 unspecified atom stereocenters. The van der Waals surface area contributed by atoms with E-state index in [2.05, 4.69) is 30.4 Å². The Bertz CT molecular complexity index is 429. The van der Waals surface area contributed by atoms with Gasteiger partial charge in [-0.2, -0.15) is 0 Å². The van der Waals surface area contributed by atoms with Gasteiger partial charge in [-0.05, 0) is 38.7 Å². The van der Waals surface area contributed by atoms with Crippen molar-refractivity contribution in [2.24, 2.45) is 0 Å². The molecule has 1 aromatic carbocycles. The van der Waals surface area contributed by atoms with E-state index in [9.17, 15) is 5.11 Å². The lowest BCUT2D eigenvalue weighted by Crippen LogP contribution is -2.38. The van der Waals surface area contributed by atoms with Crippen molar-refractivity contribution in [2.45, 2.75) is 51.7 Å². The topological polar surface area (TPSA) is 41.5 Å². The number of fused-ring (bicyclic) bond motifs is 1. The maximum Gasteiger partial charge on any atom is 0.126 e. The Balaban J connectivity index is 2.16. The molecular formula is C16H25NO2. The van der Waals surface area contributed by atoms with Gasteiger partial charge in [0.25, 0.3) is 0 Å². The Kier molecular flexibility index (Phi) is 4.48. The first-order valence-corrected chi connectivity index (χ1v) is 7.21. The molecule has 0 fully saturated rings. The van der Waals surface area contributed by atoms with Gasteiger partial charge in [-0.1, -0.05) is 25.1 Å². The van der Waals surface area contributed by atoms with Gasteiger partial charge in [-0.15, -0.1) is 0 Å². The van der Waals surface area contributed by atoms with Crippen molar-refractivity contribution in [1.82, 2.24) is 5.32 Å². The summed E-state index contributed by atoms with van der Waals surface area (Å²) in [6.45, 7) is 7.37. The second kappa shape index (κ2) is 5.93. The predicted octanol–water partition coefficient (Wildman–Crippen LogP) is 2.96. The first-order valence-electron chi connectivity index (χ1n) is 7.21. The molecule has 0 bridgehead atoms. The van der Waals surface area contributed by atoms with Gasteiger partial charge < -0.3 is 15.2 Å². The fourth-order valence-electron chi connectivity index (χ4n) is 2.44. The third-order valence-electron chi connectivity index (χ3n) is 3.99. The number of benzene rings is 1. The molecule has 106 valence electrons. The largest absolute Gasteiger partial charge is 0.493 e. The molecule has 1 heterocycles. The van der Waals surface area contributed by atoms with E-state index < -0.39 is 5.60 Å². The van der Waals surface area contributed by atoms with Crippen LogP contribution in [0, 0.1) is 6.92 Å². The van der Waals surface area contributed by atoms with Gasteiger partial charge in [-0.3, -0.25) is 0 Å². The maximum atomic E-state index is 10.1. The molecule has 0 saturated carbocycles. The first kappa shape index (κ1) is 14.4. The number of para-hydroxylation sites is 1. The lowest BCUT2D eigenvalue weighted by atomic mass is 9.97. The second-order valence-corrected chi connectivity index (χ2v) is 5.77. The van der Waals surface area contributed by atoms with Crippen LogP contribution in [0.15, 0.2) is 18.2 Å². The van der Waals surface area contributed by atoms with Crippen molar-refractivity contribution in [3.63, 3.8) is 0 Å². The van der Waals surface area contributed by atoms with Crippen LogP contribution in [0.3, 0.4) is 0 Å². The molecule has 0 saturated heterocycles. The smallest absolute Gasteiger partial charge is 0.126 e. The highest BCUT2D eigenvalue weighted by molar-refractivity contribution is 5.43. The summed E-state index contributed by atoms with van der Waals surface area (Å²) in [5.41, 5.74) is 1.77. The van der Waals surface area contributed by atoms with Crippen LogP contribution < -0.4 is 10.1 Å². The summed E-state index contributed by atoms with van der Waals surface area (Å²) in [5, 5.41) is 13.6. The SMILES string of the molecule is CCC(C)(O)CNC1CCCOc2c(C)cccc21. The van der Waals surface area contributed by atoms with Gasteiger partial charge in [0.1, 0.15) is 5.75 Å². The van der Waals surface area contributed by atoms with E-state index in [-0.39, 0.29) is 6.04 Å². The standard InChI is InChI=1S/C16H25NO2/c1-4-16(3,18)11-17-14-9-6-10-19-15-12(2)7-5-8-13(14)15/h5,7-8,14,17-18H,4,6,9-11H2,1-3H3. The number of hydrogen-bond acceptors (Lipinski definition) is 3. The molecule has 3 nitrogen and oxygen atoms in total. The zero-order valence-electron chi connectivity index (χ0n) is 12.2. The van der Waals surface area contributed by atoms with Gasteiger partial charge in [0.05, 0.1) is 12.2 Å². The molecule has 0 aliphatic carbocycles. The van der Waals surface area contributed by atoms with Crippen molar-refractivity contribution in [3.05, 3.63) is 29.3 Å². The summed E-state index contributed by atoms with van der Waals surface area (Å²) in [6, 6.07) is 6.57. The van der Waals surface area contributed by atoms with E-state index >= 15 is 0 Å². The molecule has 1 aliphatic rings. The Morgan fingerprint density at radius 2 is 2.26 bits per heavy atom. The predicted molar refractivity (Wildman–Crippen MR) is 77.6 cm³/mol. The molecular weight excluding hydrogens is 238 g/mol. The molecule has 2 rings (SSSR count). The maximum absolute atomic E-state index is 10.1. The number of aryl methyl sites for hydroxylation is 1. The molecule has 0 spiro atoms. The van der Waals surface area contributed by atoms with Gasteiger partial charge in [0.2, 0.25) is 0 Å². The highest BCUT2D eigenvalue weighted by Crippen LogP contribution is 2.34. The minimum absolute atomic E-state index is 0.274. The van der Waals surface area contributed by atoms with E-state index in [4.69, 9.17) is 4.74 Å². The van der Waals surface area contributed by atoms with E-state index in [1.54, 1.807) is 0 Å². The van der Waals surface area contributed by atoms with E-state index in [0.717, 1.165) is 31.6 Å². The van der Waals surface area contributed by atoms with Crippen LogP contribution in [-0.2, 0) is 0 Å². The van der Waals surface area contributed by atoms with Crippen LogP contribution in [0.5, 0.6) is 5.75 Å². The molecule has 19 heavy (non-hydrogen) atoms. The third kappa shape index (κ3) is 3.48. The van der Waals surface area contributed by atoms with Crippen molar-refractivity contribution < 1.29 is 9.84 Å². The molecule has 0 amide bonds. The average molecular weight is 263 g/mol. The van der Waals surface area contributed by atoms with Crippen molar-refractivity contribution >= 4 is 0 Å². The molecule has 0 aromatic heterocycles. The third-order valence-corrected chi connectivity index (χ3v) is 3.99. The first-order chi connectivity index (χ1) is 9.03. The number of hydrogen-bond donors (Lipinski definition) is 2. The molecule has 2 atom stereocenters. The van der Waals surface area contributed by atoms with Crippen molar-refractivity contribution in [3.8, 4) is 5.75 Å². The molecule has 3 heteroatoms. The van der Waals surface area contributed by atoms with Crippen LogP contribution in [-0.4, -0.2) is 23.9 Å². The van der Waals surface area contributed by atoms with E-state index in [1.807, 2.05) is 13.8 Å². The lowest BCUT2D eigenvalue weighted by molar-refractivity contribution is 0.0525. The van der Waals surface area contributed by atoms with Crippen LogP contribution in [0.4, 0.5) is 0 Å². The fourth-order valence-corrected chi connectivity index (χ4v) is 2.44. The summed E-state index contributed by atoms with van der Waals surface area (Å²) in [6.07, 6.45) is 2.85. The Labute approximate surface area is 116 Å². The number of aliphatic hydroxyl groups is 1. The van der Waals surface area contributed by atoms with Gasteiger partial charge in [-0.25, -0.2) is 0 Å². The number of nitrogens with one attached hydrogen (secondary N) is 1. The Hall–Kier alpha value is -1.06. The van der Waals surface area contributed by atoms with Crippen molar-refractivity contribution in [1.29, 1.82) is 0 Å². The molecule has 1 aromatic rings. The van der Waals surface area contributed by atoms with E-state index in [1.165, 1.54) is 11.1 Å². The van der Waals surface area contributed by atoms with Crippen LogP contribution in [0.2, 0.25) is 0 Å². The van der Waals surface area contributed by atoms with Crippen LogP contribution in [0.1, 0.15) is 50.3 Å². The molecule has 0 radical (unpaired) electrons. The molecule has 1 aliphatic heterocycles. The summed E-state index contributed by atoms with van der Waals surface area (Å²) in [5.74, 6) is 1.02. The zero-order chi connectivity index (χ0) is 13.9. The summed E-state index contributed by atoms with van der Waals surface area (Å²) < 4.78 is 5.87. The normalized spacial score (nSPS) is 22.0. The quantitative estimate of drug-likeness (QED) is 0.877. The van der Waals surface area contributed by atoms with Gasteiger partial charge in [0.15, 0.2) is 0 Å². The van der Waals surface area contributed by atoms with Gasteiger partial charge >= 0.3 is 0 Å². The van der Waals surface area contributed by atoms with E-state index in [0.29, 0.717) is 6.54 Å². The highest BCUT2D eigenvalue weighted by atomic mass is 16.5. The fraction of sp³-hybridized carbons (Fsp3) is 0.625. The van der Waals surface area contributed by atoms with Crippen LogP contribution in [0.25, 0.3) is 0 Å². The minimum atomic E-state index is -0.642. The molecule has 2 N–H and O–H groups in total. The Morgan fingerprint density at radius 1 is 1.47 bits per heavy atom. The number of rotatable bonds is 4. The zero-order valence-corrected chi connectivity index (χ0v) is 12.2. The minimum Gasteiger partial charge on any atom is -0.493 e. The van der Waals surface area contributed by atoms with Gasteiger partial charge in [0, 0.05) is 18.2 Å². The van der Waals surface area contributed by atoms with Crippen LogP contribution >= 0.6 is 0 Å². The highest BCUT2D eigenvalue weighted by Gasteiger charge is 2.24. The Morgan fingerprint density at radius 3 is 3.00 bits per heavy atom. The average Bonchev–Trinajstić information content (AvgIpc) is 2.60. The lowest BCUT2D eigenvalue weighted by Gasteiger charge is -2.26. The monoisotopic (exact) mass is 263 g/mol. The summed E-state index contributed by atoms with van der Waals surface area (Å²) in [7, 11) is 0. The summed E-state index contributed by atoms with van der Waals surface area (Å²) in [4.78, 5) is 0. The summed E-state index contributed by atoms with van der Waals surface area (Å²) >= 11 is 0. The second-order valence-electron chi connectivity index (χ2n) is 5.77. The number of ether oxygens (including phenoxy) is 1. The van der Waals surface area contributed by atoms with Crippen molar-refractivity contribution in [2.75, 3.05) is 13.2 Å².